The zero-order valence-corrected chi connectivity index (χ0v) is 10.5. The third-order valence-corrected chi connectivity index (χ3v) is 2.72. The van der Waals surface area contributed by atoms with Crippen molar-refractivity contribution in [2.45, 2.75) is 26.6 Å². The van der Waals surface area contributed by atoms with Crippen molar-refractivity contribution in [3.8, 4) is 11.5 Å². The van der Waals surface area contributed by atoms with Crippen molar-refractivity contribution >= 4 is 11.8 Å². The summed E-state index contributed by atoms with van der Waals surface area (Å²) in [5.41, 5.74) is 0.263. The molecular weight excluding hydrogens is 236 g/mol. The van der Waals surface area contributed by atoms with Gasteiger partial charge in [0.05, 0.1) is 6.61 Å². The van der Waals surface area contributed by atoms with Crippen molar-refractivity contribution in [1.29, 1.82) is 0 Å². The largest absolute Gasteiger partial charge is 0.462 e. The second-order valence-electron chi connectivity index (χ2n) is 4.06. The van der Waals surface area contributed by atoms with E-state index in [0.717, 1.165) is 0 Å². The molecule has 0 N–H and O–H groups in total. The van der Waals surface area contributed by atoms with E-state index in [1.165, 1.54) is 13.8 Å². The van der Waals surface area contributed by atoms with Crippen LogP contribution in [-0.2, 0) is 9.53 Å². The summed E-state index contributed by atoms with van der Waals surface area (Å²) in [4.78, 5) is 23.2. The van der Waals surface area contributed by atoms with Gasteiger partial charge in [0.25, 0.3) is 0 Å². The van der Waals surface area contributed by atoms with Crippen LogP contribution in [0.1, 0.15) is 31.1 Å². The topological polar surface area (TPSA) is 61.8 Å². The number of ketones is 1. The Morgan fingerprint density at radius 1 is 1.33 bits per heavy atom. The summed E-state index contributed by atoms with van der Waals surface area (Å²) in [6.45, 7) is 4.88. The standard InChI is InChI=1S/C13H14O5/c1-4-16-12(15)9-6-5-7-10-11(9)18-13(3,17-10)8(2)14/h5-7H,4H2,1-3H3. The van der Waals surface area contributed by atoms with Gasteiger partial charge in [-0.3, -0.25) is 4.79 Å². The molecule has 5 heteroatoms. The van der Waals surface area contributed by atoms with E-state index in [4.69, 9.17) is 14.2 Å². The third-order valence-electron chi connectivity index (χ3n) is 2.72. The molecule has 0 spiro atoms. The predicted octanol–water partition coefficient (Wildman–Crippen LogP) is 1.94. The van der Waals surface area contributed by atoms with E-state index in [1.807, 2.05) is 0 Å². The number of hydrogen-bond donors (Lipinski definition) is 0. The van der Waals surface area contributed by atoms with Crippen LogP contribution < -0.4 is 9.47 Å². The highest BCUT2D eigenvalue weighted by molar-refractivity contribution is 5.95. The maximum atomic E-state index is 11.7. The lowest BCUT2D eigenvalue weighted by Crippen LogP contribution is -2.42. The fraction of sp³-hybridized carbons (Fsp3) is 0.385. The van der Waals surface area contributed by atoms with Gasteiger partial charge >= 0.3 is 11.8 Å². The first kappa shape index (κ1) is 12.4. The van der Waals surface area contributed by atoms with Gasteiger partial charge in [0, 0.05) is 13.8 Å². The van der Waals surface area contributed by atoms with Crippen LogP contribution in [-0.4, -0.2) is 24.1 Å². The van der Waals surface area contributed by atoms with Gasteiger partial charge in [-0.25, -0.2) is 4.79 Å². The minimum atomic E-state index is -1.37. The van der Waals surface area contributed by atoms with Crippen LogP contribution in [0.2, 0.25) is 0 Å². The van der Waals surface area contributed by atoms with Gasteiger partial charge < -0.3 is 14.2 Å². The first-order valence-electron chi connectivity index (χ1n) is 5.67. The Bertz CT molecular complexity index is 508. The minimum absolute atomic E-state index is 0.258. The average Bonchev–Trinajstić information content (AvgIpc) is 2.66. The Labute approximate surface area is 105 Å². The van der Waals surface area contributed by atoms with Gasteiger partial charge in [0.1, 0.15) is 5.56 Å². The van der Waals surface area contributed by atoms with E-state index in [0.29, 0.717) is 5.75 Å². The lowest BCUT2D eigenvalue weighted by atomic mass is 10.2. The first-order chi connectivity index (χ1) is 8.48. The van der Waals surface area contributed by atoms with Crippen molar-refractivity contribution in [1.82, 2.24) is 0 Å². The number of carbonyl (C=O) groups excluding carboxylic acids is 2. The number of hydrogen-bond acceptors (Lipinski definition) is 5. The van der Waals surface area contributed by atoms with Crippen molar-refractivity contribution < 1.29 is 23.8 Å². The van der Waals surface area contributed by atoms with Gasteiger partial charge in [-0.1, -0.05) is 6.07 Å². The van der Waals surface area contributed by atoms with Crippen molar-refractivity contribution in [2.24, 2.45) is 0 Å². The van der Waals surface area contributed by atoms with Gasteiger partial charge in [-0.15, -0.1) is 0 Å². The highest BCUT2D eigenvalue weighted by Gasteiger charge is 2.43. The number of esters is 1. The number of Topliss-reactive ketones (excluding diaryl/α,β-unsaturated/α-hetero) is 1. The second-order valence-corrected chi connectivity index (χ2v) is 4.06. The van der Waals surface area contributed by atoms with Gasteiger partial charge in [-0.2, -0.15) is 0 Å². The smallest absolute Gasteiger partial charge is 0.342 e. The Hall–Kier alpha value is -2.04. The number of benzene rings is 1. The summed E-state index contributed by atoms with van der Waals surface area (Å²) < 4.78 is 15.8. The summed E-state index contributed by atoms with van der Waals surface area (Å²) in [6.07, 6.45) is 0. The van der Waals surface area contributed by atoms with E-state index < -0.39 is 11.8 Å². The predicted molar refractivity (Wildman–Crippen MR) is 62.7 cm³/mol. The number of carbonyl (C=O) groups is 2. The molecule has 2 rings (SSSR count). The Kier molecular flexibility index (Phi) is 2.98. The fourth-order valence-corrected chi connectivity index (χ4v) is 1.64. The molecule has 0 radical (unpaired) electrons. The maximum absolute atomic E-state index is 11.7. The normalized spacial score (nSPS) is 20.6. The average molecular weight is 250 g/mol. The van der Waals surface area contributed by atoms with Gasteiger partial charge in [0.15, 0.2) is 11.5 Å². The van der Waals surface area contributed by atoms with E-state index >= 15 is 0 Å². The molecule has 0 aliphatic carbocycles. The molecule has 1 aliphatic heterocycles. The monoisotopic (exact) mass is 250 g/mol. The Morgan fingerprint density at radius 3 is 2.67 bits per heavy atom. The summed E-state index contributed by atoms with van der Waals surface area (Å²) >= 11 is 0. The third kappa shape index (κ3) is 1.92. The molecule has 1 aromatic carbocycles. The van der Waals surface area contributed by atoms with Crippen LogP contribution in [0.3, 0.4) is 0 Å². The molecule has 1 aliphatic rings. The zero-order valence-electron chi connectivity index (χ0n) is 10.5. The van der Waals surface area contributed by atoms with Crippen LogP contribution in [0.25, 0.3) is 0 Å². The molecule has 18 heavy (non-hydrogen) atoms. The fourth-order valence-electron chi connectivity index (χ4n) is 1.64. The quantitative estimate of drug-likeness (QED) is 0.767. The molecule has 0 bridgehead atoms. The van der Waals surface area contributed by atoms with E-state index in [-0.39, 0.29) is 23.7 Å². The Morgan fingerprint density at radius 2 is 2.06 bits per heavy atom. The molecule has 0 aromatic heterocycles. The van der Waals surface area contributed by atoms with Crippen LogP contribution in [0.15, 0.2) is 18.2 Å². The molecule has 1 aromatic rings. The van der Waals surface area contributed by atoms with Crippen LogP contribution >= 0.6 is 0 Å². The molecule has 1 atom stereocenters. The zero-order chi connectivity index (χ0) is 13.3. The van der Waals surface area contributed by atoms with Crippen molar-refractivity contribution in [3.05, 3.63) is 23.8 Å². The molecule has 0 amide bonds. The lowest BCUT2D eigenvalue weighted by Gasteiger charge is -2.19. The SMILES string of the molecule is CCOC(=O)c1cccc2c1OC(C)(C(C)=O)O2. The minimum Gasteiger partial charge on any atom is -0.462 e. The van der Waals surface area contributed by atoms with Gasteiger partial charge in [0.2, 0.25) is 5.78 Å². The summed E-state index contributed by atoms with van der Waals surface area (Å²) in [7, 11) is 0. The van der Waals surface area contributed by atoms with E-state index in [2.05, 4.69) is 0 Å². The summed E-state index contributed by atoms with van der Waals surface area (Å²) in [5, 5.41) is 0. The van der Waals surface area contributed by atoms with Crippen molar-refractivity contribution in [3.63, 3.8) is 0 Å². The lowest BCUT2D eigenvalue weighted by molar-refractivity contribution is -0.149. The van der Waals surface area contributed by atoms with Crippen molar-refractivity contribution in [2.75, 3.05) is 6.61 Å². The number of para-hydroxylation sites is 1. The van der Waals surface area contributed by atoms with E-state index in [1.54, 1.807) is 25.1 Å². The van der Waals surface area contributed by atoms with Crippen LogP contribution in [0, 0.1) is 0 Å². The molecule has 0 saturated heterocycles. The highest BCUT2D eigenvalue weighted by Crippen LogP contribution is 2.42. The summed E-state index contributed by atoms with van der Waals surface area (Å²) in [5.74, 6) is -1.50. The maximum Gasteiger partial charge on any atom is 0.342 e. The molecule has 0 fully saturated rings. The molecule has 0 saturated carbocycles. The number of ether oxygens (including phenoxy) is 3. The second kappa shape index (κ2) is 4.33. The van der Waals surface area contributed by atoms with Gasteiger partial charge in [-0.05, 0) is 19.1 Å². The molecule has 1 unspecified atom stereocenters. The first-order valence-corrected chi connectivity index (χ1v) is 5.67. The molecule has 1 heterocycles. The van der Waals surface area contributed by atoms with Crippen LogP contribution in [0.4, 0.5) is 0 Å². The number of rotatable bonds is 3. The van der Waals surface area contributed by atoms with Crippen LogP contribution in [0.5, 0.6) is 11.5 Å². The molecule has 5 nitrogen and oxygen atoms in total. The van der Waals surface area contributed by atoms with E-state index in [9.17, 15) is 9.59 Å². The summed E-state index contributed by atoms with van der Waals surface area (Å²) in [6, 6.07) is 4.87. The number of fused-ring (bicyclic) bond motifs is 1. The Balaban J connectivity index is 2.39. The molecule has 96 valence electrons. The highest BCUT2D eigenvalue weighted by atomic mass is 16.7. The molecular formula is C13H14O5.